The van der Waals surface area contributed by atoms with Gasteiger partial charge < -0.3 is 0 Å². The number of aromatic nitrogens is 2. The quantitative estimate of drug-likeness (QED) is 0.805. The van der Waals surface area contributed by atoms with Gasteiger partial charge in [-0.2, -0.15) is 0 Å². The Morgan fingerprint density at radius 3 is 2.44 bits per heavy atom. The first-order valence-corrected chi connectivity index (χ1v) is 9.62. The number of rotatable bonds is 3. The van der Waals surface area contributed by atoms with Crippen LogP contribution in [0.2, 0.25) is 0 Å². The van der Waals surface area contributed by atoms with Crippen molar-refractivity contribution in [3.8, 4) is 11.3 Å². The van der Waals surface area contributed by atoms with Crippen molar-refractivity contribution in [1.29, 1.82) is 0 Å². The van der Waals surface area contributed by atoms with E-state index in [2.05, 4.69) is 9.88 Å². The summed E-state index contributed by atoms with van der Waals surface area (Å²) in [5.74, 6) is 0.208. The lowest BCUT2D eigenvalue weighted by Gasteiger charge is -2.40. The molecule has 0 unspecified atom stereocenters. The van der Waals surface area contributed by atoms with Gasteiger partial charge in [0.25, 0.3) is 0 Å². The summed E-state index contributed by atoms with van der Waals surface area (Å²) in [6, 6.07) is 7.38. The molecule has 1 saturated heterocycles. The normalized spacial score (nSPS) is 22.8. The lowest BCUT2D eigenvalue weighted by Crippen LogP contribution is -2.43. The number of likely N-dealkylation sites (tertiary alicyclic amines) is 1. The number of halogens is 1. The monoisotopic (exact) mass is 339 g/mol. The van der Waals surface area contributed by atoms with Crippen LogP contribution in [0.1, 0.15) is 56.6 Å². The second-order valence-electron chi connectivity index (χ2n) is 7.42. The Hall–Kier alpha value is -1.81. The molecule has 3 nitrogen and oxygen atoms in total. The van der Waals surface area contributed by atoms with Crippen LogP contribution in [0.25, 0.3) is 11.3 Å². The lowest BCUT2D eigenvalue weighted by molar-refractivity contribution is 0.118. The number of nitrogens with zero attached hydrogens (tertiary/aromatic N) is 3. The van der Waals surface area contributed by atoms with Gasteiger partial charge in [0, 0.05) is 36.5 Å². The number of piperidine rings is 1. The summed E-state index contributed by atoms with van der Waals surface area (Å²) >= 11 is 0. The molecule has 1 atom stereocenters. The van der Waals surface area contributed by atoms with Crippen LogP contribution in [-0.4, -0.2) is 34.0 Å². The average molecular weight is 339 g/mol. The second-order valence-corrected chi connectivity index (χ2v) is 7.42. The van der Waals surface area contributed by atoms with Crippen LogP contribution in [0.4, 0.5) is 4.39 Å². The maximum Gasteiger partial charge on any atom is 0.123 e. The Labute approximate surface area is 149 Å². The van der Waals surface area contributed by atoms with Crippen molar-refractivity contribution >= 4 is 0 Å². The van der Waals surface area contributed by atoms with Crippen molar-refractivity contribution < 1.29 is 4.39 Å². The standard InChI is InChI=1S/C21H26FN3/c22-18-10-8-16(9-11-18)20-21(24-13-12-23-20)17-5-4-14-25(15-17)19-6-2-1-3-7-19/h8-13,17,19H,1-7,14-15H2/t17-/m1/s1. The molecule has 0 bridgehead atoms. The van der Waals surface area contributed by atoms with Gasteiger partial charge in [-0.05, 0) is 56.5 Å². The van der Waals surface area contributed by atoms with Gasteiger partial charge in [-0.3, -0.25) is 14.9 Å². The molecule has 1 aromatic heterocycles. The van der Waals surface area contributed by atoms with Crippen LogP contribution >= 0.6 is 0 Å². The number of benzene rings is 1. The molecule has 2 fully saturated rings. The molecule has 0 amide bonds. The van der Waals surface area contributed by atoms with Crippen LogP contribution in [-0.2, 0) is 0 Å². The van der Waals surface area contributed by atoms with Crippen molar-refractivity contribution in [2.24, 2.45) is 0 Å². The zero-order valence-corrected chi connectivity index (χ0v) is 14.7. The minimum Gasteiger partial charge on any atom is -0.300 e. The summed E-state index contributed by atoms with van der Waals surface area (Å²) in [6.07, 6.45) is 12.8. The molecule has 2 aromatic rings. The van der Waals surface area contributed by atoms with Crippen molar-refractivity contribution in [2.45, 2.75) is 56.9 Å². The Morgan fingerprint density at radius 1 is 0.880 bits per heavy atom. The topological polar surface area (TPSA) is 29.0 Å². The molecule has 1 aliphatic carbocycles. The summed E-state index contributed by atoms with van der Waals surface area (Å²) in [6.45, 7) is 2.30. The van der Waals surface area contributed by atoms with Crippen molar-refractivity contribution in [1.82, 2.24) is 14.9 Å². The fourth-order valence-corrected chi connectivity index (χ4v) is 4.49. The molecule has 0 spiro atoms. The Kier molecular flexibility index (Phi) is 5.07. The van der Waals surface area contributed by atoms with E-state index in [9.17, 15) is 4.39 Å². The van der Waals surface area contributed by atoms with Gasteiger partial charge in [-0.1, -0.05) is 19.3 Å². The van der Waals surface area contributed by atoms with Gasteiger partial charge in [-0.15, -0.1) is 0 Å². The highest BCUT2D eigenvalue weighted by molar-refractivity contribution is 5.62. The van der Waals surface area contributed by atoms with Crippen molar-refractivity contribution in [3.05, 3.63) is 48.2 Å². The summed E-state index contributed by atoms with van der Waals surface area (Å²) in [7, 11) is 0. The third-order valence-electron chi connectivity index (χ3n) is 5.77. The van der Waals surface area contributed by atoms with Gasteiger partial charge in [0.2, 0.25) is 0 Å². The minimum atomic E-state index is -0.213. The molecular formula is C21H26FN3. The predicted octanol–water partition coefficient (Wildman–Crippen LogP) is 4.79. The second kappa shape index (κ2) is 7.61. The van der Waals surface area contributed by atoms with Gasteiger partial charge in [-0.25, -0.2) is 4.39 Å². The first-order chi connectivity index (χ1) is 12.3. The molecule has 2 aliphatic rings. The number of hydrogen-bond donors (Lipinski definition) is 0. The van der Waals surface area contributed by atoms with Crippen LogP contribution in [0.5, 0.6) is 0 Å². The Morgan fingerprint density at radius 2 is 1.64 bits per heavy atom. The highest BCUT2D eigenvalue weighted by atomic mass is 19.1. The van der Waals surface area contributed by atoms with Gasteiger partial charge in [0.15, 0.2) is 0 Å². The van der Waals surface area contributed by atoms with E-state index in [1.54, 1.807) is 12.4 Å². The van der Waals surface area contributed by atoms with E-state index in [1.807, 2.05) is 12.1 Å². The lowest BCUT2D eigenvalue weighted by atomic mass is 9.87. The smallest absolute Gasteiger partial charge is 0.123 e. The van der Waals surface area contributed by atoms with Gasteiger partial charge in [0.05, 0.1) is 11.4 Å². The molecule has 25 heavy (non-hydrogen) atoms. The molecule has 1 aromatic carbocycles. The van der Waals surface area contributed by atoms with Crippen LogP contribution in [0, 0.1) is 5.82 Å². The maximum atomic E-state index is 13.3. The summed E-state index contributed by atoms with van der Waals surface area (Å²) in [4.78, 5) is 12.0. The summed E-state index contributed by atoms with van der Waals surface area (Å²) in [5.41, 5.74) is 2.95. The van der Waals surface area contributed by atoms with Crippen LogP contribution in [0.15, 0.2) is 36.7 Å². The van der Waals surface area contributed by atoms with Crippen molar-refractivity contribution in [2.75, 3.05) is 13.1 Å². The van der Waals surface area contributed by atoms with E-state index >= 15 is 0 Å². The van der Waals surface area contributed by atoms with E-state index in [1.165, 1.54) is 57.2 Å². The minimum absolute atomic E-state index is 0.213. The zero-order chi connectivity index (χ0) is 17.1. The maximum absolute atomic E-state index is 13.3. The molecule has 0 N–H and O–H groups in total. The highest BCUT2D eigenvalue weighted by Gasteiger charge is 2.29. The largest absolute Gasteiger partial charge is 0.300 e. The van der Waals surface area contributed by atoms with Gasteiger partial charge >= 0.3 is 0 Å². The van der Waals surface area contributed by atoms with E-state index < -0.39 is 0 Å². The fourth-order valence-electron chi connectivity index (χ4n) is 4.49. The molecule has 132 valence electrons. The Bertz CT molecular complexity index is 695. The molecule has 1 aliphatic heterocycles. The molecule has 1 saturated carbocycles. The highest BCUT2D eigenvalue weighted by Crippen LogP contribution is 2.34. The first kappa shape index (κ1) is 16.6. The molecule has 0 radical (unpaired) electrons. The first-order valence-electron chi connectivity index (χ1n) is 9.62. The predicted molar refractivity (Wildman–Crippen MR) is 97.8 cm³/mol. The van der Waals surface area contributed by atoms with E-state index in [4.69, 9.17) is 4.98 Å². The number of hydrogen-bond acceptors (Lipinski definition) is 3. The third kappa shape index (κ3) is 3.74. The Balaban J connectivity index is 1.57. The molecular weight excluding hydrogens is 313 g/mol. The van der Waals surface area contributed by atoms with Crippen molar-refractivity contribution in [3.63, 3.8) is 0 Å². The van der Waals surface area contributed by atoms with Crippen LogP contribution < -0.4 is 0 Å². The van der Waals surface area contributed by atoms with Gasteiger partial charge in [0.1, 0.15) is 5.82 Å². The fraction of sp³-hybridized carbons (Fsp3) is 0.524. The SMILES string of the molecule is Fc1ccc(-c2nccnc2[C@@H]2CCCN(C3CCCCC3)C2)cc1. The zero-order valence-electron chi connectivity index (χ0n) is 14.7. The average Bonchev–Trinajstić information content (AvgIpc) is 2.69. The molecule has 2 heterocycles. The summed E-state index contributed by atoms with van der Waals surface area (Å²) < 4.78 is 13.3. The van der Waals surface area contributed by atoms with E-state index in [-0.39, 0.29) is 5.82 Å². The molecule has 4 rings (SSSR count). The molecule has 4 heteroatoms. The van der Waals surface area contributed by atoms with E-state index in [0.717, 1.165) is 36.0 Å². The van der Waals surface area contributed by atoms with E-state index in [0.29, 0.717) is 5.92 Å². The van der Waals surface area contributed by atoms with Crippen LogP contribution in [0.3, 0.4) is 0 Å². The third-order valence-corrected chi connectivity index (χ3v) is 5.77. The summed E-state index contributed by atoms with van der Waals surface area (Å²) in [5, 5.41) is 0.